The molecule has 1 fully saturated rings. The fourth-order valence-corrected chi connectivity index (χ4v) is 3.61. The predicted molar refractivity (Wildman–Crippen MR) is 111 cm³/mol. The Morgan fingerprint density at radius 2 is 1.85 bits per heavy atom. The number of amides is 3. The van der Waals surface area contributed by atoms with Crippen molar-refractivity contribution in [3.05, 3.63) is 41.4 Å². The number of aryl methyl sites for hydroxylation is 1. The number of nitrogens with zero attached hydrogens (tertiary/aromatic N) is 1. The quantitative estimate of drug-likeness (QED) is 0.653. The Balaban J connectivity index is 0.00000243. The lowest BCUT2D eigenvalue weighted by Gasteiger charge is -2.11. The van der Waals surface area contributed by atoms with Crippen molar-refractivity contribution in [1.82, 2.24) is 10.3 Å². The van der Waals surface area contributed by atoms with Crippen molar-refractivity contribution in [3.63, 3.8) is 0 Å². The van der Waals surface area contributed by atoms with Gasteiger partial charge in [0.15, 0.2) is 5.13 Å². The van der Waals surface area contributed by atoms with E-state index in [1.807, 2.05) is 35.7 Å². The summed E-state index contributed by atoms with van der Waals surface area (Å²) >= 11 is 1.36. The van der Waals surface area contributed by atoms with E-state index in [9.17, 15) is 9.59 Å². The highest BCUT2D eigenvalue weighted by molar-refractivity contribution is 7.13. The highest BCUT2D eigenvalue weighted by Gasteiger charge is 2.17. The maximum absolute atomic E-state index is 11.9. The van der Waals surface area contributed by atoms with E-state index in [1.54, 1.807) is 0 Å². The normalized spacial score (nSPS) is 13.7. The number of hydrogen-bond acceptors (Lipinski definition) is 4. The Morgan fingerprint density at radius 1 is 1.12 bits per heavy atom. The van der Waals surface area contributed by atoms with Crippen LogP contribution in [0.2, 0.25) is 0 Å². The largest absolute Gasteiger partial charge is 0.353 e. The number of carbonyl (C=O) groups is 2. The molecule has 1 aliphatic rings. The SMILES string of the molecule is O=C(CCc1csc(NC(=O)Nc2ccccc2)n1)NC1CCCC1.P. The van der Waals surface area contributed by atoms with Gasteiger partial charge in [-0.2, -0.15) is 9.90 Å². The van der Waals surface area contributed by atoms with Crippen molar-refractivity contribution >= 4 is 44.0 Å². The van der Waals surface area contributed by atoms with Gasteiger partial charge >= 0.3 is 6.03 Å². The van der Waals surface area contributed by atoms with Crippen LogP contribution in [0.4, 0.5) is 15.6 Å². The molecule has 0 radical (unpaired) electrons. The lowest BCUT2D eigenvalue weighted by atomic mass is 10.2. The lowest BCUT2D eigenvalue weighted by Crippen LogP contribution is -2.32. The van der Waals surface area contributed by atoms with Gasteiger partial charge in [0.25, 0.3) is 0 Å². The zero-order chi connectivity index (χ0) is 17.5. The van der Waals surface area contributed by atoms with Gasteiger partial charge in [0.2, 0.25) is 5.91 Å². The van der Waals surface area contributed by atoms with E-state index in [-0.39, 0.29) is 21.8 Å². The third kappa shape index (κ3) is 6.39. The van der Waals surface area contributed by atoms with E-state index in [0.29, 0.717) is 24.0 Å². The van der Waals surface area contributed by atoms with Crippen molar-refractivity contribution in [2.75, 3.05) is 10.6 Å². The molecule has 3 N–H and O–H groups in total. The highest BCUT2D eigenvalue weighted by Crippen LogP contribution is 2.19. The van der Waals surface area contributed by atoms with Crippen LogP contribution in [0.5, 0.6) is 0 Å². The molecular formula is C18H25N4O2PS. The maximum Gasteiger partial charge on any atom is 0.325 e. The van der Waals surface area contributed by atoms with Gasteiger partial charge in [-0.1, -0.05) is 31.0 Å². The number of carbonyl (C=O) groups excluding carboxylic acids is 2. The van der Waals surface area contributed by atoms with Crippen LogP contribution in [0.25, 0.3) is 0 Å². The number of nitrogens with one attached hydrogen (secondary N) is 3. The number of aromatic nitrogens is 1. The zero-order valence-corrected chi connectivity index (χ0v) is 16.9. The molecular weight excluding hydrogens is 367 g/mol. The first-order valence-corrected chi connectivity index (χ1v) is 9.44. The van der Waals surface area contributed by atoms with Crippen LogP contribution in [0, 0.1) is 0 Å². The molecule has 0 bridgehead atoms. The zero-order valence-electron chi connectivity index (χ0n) is 14.7. The molecule has 8 heteroatoms. The molecule has 1 aliphatic carbocycles. The van der Waals surface area contributed by atoms with E-state index >= 15 is 0 Å². The van der Waals surface area contributed by atoms with Crippen LogP contribution >= 0.6 is 21.2 Å². The number of para-hydroxylation sites is 1. The summed E-state index contributed by atoms with van der Waals surface area (Å²) < 4.78 is 0. The van der Waals surface area contributed by atoms with E-state index in [2.05, 4.69) is 20.9 Å². The maximum atomic E-state index is 11.9. The van der Waals surface area contributed by atoms with Gasteiger partial charge in [0.05, 0.1) is 5.69 Å². The van der Waals surface area contributed by atoms with E-state index in [1.165, 1.54) is 24.2 Å². The smallest absolute Gasteiger partial charge is 0.325 e. The lowest BCUT2D eigenvalue weighted by molar-refractivity contribution is -0.121. The summed E-state index contributed by atoms with van der Waals surface area (Å²) in [6, 6.07) is 9.25. The molecule has 3 rings (SSSR count). The number of rotatable bonds is 6. The highest BCUT2D eigenvalue weighted by atomic mass is 32.1. The van der Waals surface area contributed by atoms with Gasteiger partial charge in [-0.15, -0.1) is 11.3 Å². The summed E-state index contributed by atoms with van der Waals surface area (Å²) in [4.78, 5) is 28.2. The van der Waals surface area contributed by atoms with Crippen molar-refractivity contribution in [3.8, 4) is 0 Å². The molecule has 1 saturated carbocycles. The molecule has 0 spiro atoms. The number of anilines is 2. The first-order chi connectivity index (χ1) is 12.2. The average Bonchev–Trinajstić information content (AvgIpc) is 3.26. The Labute approximate surface area is 160 Å². The molecule has 1 atom stereocenters. The van der Waals surface area contributed by atoms with E-state index in [0.717, 1.165) is 24.2 Å². The molecule has 1 unspecified atom stereocenters. The Kier molecular flexibility index (Phi) is 8.01. The molecule has 6 nitrogen and oxygen atoms in total. The number of benzene rings is 1. The predicted octanol–water partition coefficient (Wildman–Crippen LogP) is 3.84. The Morgan fingerprint density at radius 3 is 2.58 bits per heavy atom. The molecule has 0 aliphatic heterocycles. The van der Waals surface area contributed by atoms with Crippen molar-refractivity contribution < 1.29 is 9.59 Å². The minimum absolute atomic E-state index is 0. The molecule has 3 amide bonds. The second kappa shape index (κ2) is 10.2. The minimum atomic E-state index is -0.328. The molecule has 0 saturated heterocycles. The number of hydrogen-bond donors (Lipinski definition) is 3. The van der Waals surface area contributed by atoms with Crippen molar-refractivity contribution in [2.45, 2.75) is 44.6 Å². The fraction of sp³-hybridized carbons (Fsp3) is 0.389. The minimum Gasteiger partial charge on any atom is -0.353 e. The van der Waals surface area contributed by atoms with Crippen LogP contribution in [-0.4, -0.2) is 23.0 Å². The molecule has 26 heavy (non-hydrogen) atoms. The molecule has 140 valence electrons. The number of urea groups is 1. The van der Waals surface area contributed by atoms with E-state index < -0.39 is 0 Å². The van der Waals surface area contributed by atoms with Gasteiger partial charge in [-0.3, -0.25) is 10.1 Å². The standard InChI is InChI=1S/C18H22N4O2S.H3P/c23-16(19-13-8-4-5-9-13)11-10-15-12-25-18(21-15)22-17(24)20-14-6-2-1-3-7-14;/h1-3,6-7,12-13H,4-5,8-11H2,(H,19,23)(H2,20,21,22,24);1H3. The third-order valence-electron chi connectivity index (χ3n) is 4.13. The van der Waals surface area contributed by atoms with Crippen LogP contribution in [-0.2, 0) is 11.2 Å². The molecule has 1 aromatic carbocycles. The first-order valence-electron chi connectivity index (χ1n) is 8.56. The second-order valence-corrected chi connectivity index (χ2v) is 7.00. The van der Waals surface area contributed by atoms with E-state index in [4.69, 9.17) is 0 Å². The summed E-state index contributed by atoms with van der Waals surface area (Å²) in [5, 5.41) is 10.9. The van der Waals surface area contributed by atoms with Crippen LogP contribution in [0.3, 0.4) is 0 Å². The summed E-state index contributed by atoms with van der Waals surface area (Å²) in [7, 11) is 0. The number of thiazole rings is 1. The van der Waals surface area contributed by atoms with Gasteiger partial charge in [-0.05, 0) is 31.4 Å². The van der Waals surface area contributed by atoms with Crippen LogP contribution in [0.15, 0.2) is 35.7 Å². The topological polar surface area (TPSA) is 83.1 Å². The summed E-state index contributed by atoms with van der Waals surface area (Å²) in [5.74, 6) is 0.0798. The second-order valence-electron chi connectivity index (χ2n) is 6.14. The molecule has 1 aromatic heterocycles. The summed E-state index contributed by atoms with van der Waals surface area (Å²) in [6.07, 6.45) is 5.60. The van der Waals surface area contributed by atoms with Crippen LogP contribution < -0.4 is 16.0 Å². The summed E-state index contributed by atoms with van der Waals surface area (Å²) in [6.45, 7) is 0. The van der Waals surface area contributed by atoms with Gasteiger partial charge in [0.1, 0.15) is 0 Å². The molecule has 1 heterocycles. The van der Waals surface area contributed by atoms with Crippen molar-refractivity contribution in [2.24, 2.45) is 0 Å². The average molecular weight is 392 g/mol. The third-order valence-corrected chi connectivity index (χ3v) is 4.94. The van der Waals surface area contributed by atoms with Gasteiger partial charge in [0, 0.05) is 23.5 Å². The Hall–Kier alpha value is -1.98. The molecule has 2 aromatic rings. The van der Waals surface area contributed by atoms with Crippen molar-refractivity contribution in [1.29, 1.82) is 0 Å². The van der Waals surface area contributed by atoms with Gasteiger partial charge < -0.3 is 10.6 Å². The first kappa shape index (κ1) is 20.3. The van der Waals surface area contributed by atoms with Crippen LogP contribution in [0.1, 0.15) is 37.8 Å². The monoisotopic (exact) mass is 392 g/mol. The Bertz CT molecular complexity index is 717. The summed E-state index contributed by atoms with van der Waals surface area (Å²) in [5.41, 5.74) is 1.54. The fourth-order valence-electron chi connectivity index (χ4n) is 2.87. The van der Waals surface area contributed by atoms with Gasteiger partial charge in [-0.25, -0.2) is 9.78 Å².